The molecular formula is C74H60N4. The molecule has 0 saturated carbocycles. The van der Waals surface area contributed by atoms with Crippen LogP contribution in [0.4, 0.5) is 68.2 Å². The highest BCUT2D eigenvalue weighted by Gasteiger charge is 2.17. The van der Waals surface area contributed by atoms with Crippen LogP contribution in [0.15, 0.2) is 328 Å². The molecule has 12 rings (SSSR count). The summed E-state index contributed by atoms with van der Waals surface area (Å²) in [5.41, 5.74) is 20.9. The predicted octanol–water partition coefficient (Wildman–Crippen LogP) is 21.2. The minimum atomic E-state index is 1.13. The fraction of sp³-hybridized carbons (Fsp3) is 0.0270. The summed E-state index contributed by atoms with van der Waals surface area (Å²) < 4.78 is 0. The topological polar surface area (TPSA) is 13.0 Å². The molecule has 0 aliphatic heterocycles. The third-order valence-electron chi connectivity index (χ3n) is 13.8. The summed E-state index contributed by atoms with van der Waals surface area (Å²) in [5.74, 6) is 0. The van der Waals surface area contributed by atoms with Gasteiger partial charge in [0.15, 0.2) is 0 Å². The lowest BCUT2D eigenvalue weighted by molar-refractivity contribution is 1.27. The molecule has 0 saturated heterocycles. The molecule has 0 spiro atoms. The van der Waals surface area contributed by atoms with Gasteiger partial charge in [0.25, 0.3) is 0 Å². The quantitative estimate of drug-likeness (QED) is 0.108. The Kier molecular flexibility index (Phi) is 15.4. The third kappa shape index (κ3) is 11.7. The molecule has 0 atom stereocenters. The number of para-hydroxylation sites is 6. The highest BCUT2D eigenvalue weighted by atomic mass is 15.2. The Morgan fingerprint density at radius 1 is 0.141 bits per heavy atom. The van der Waals surface area contributed by atoms with Crippen LogP contribution in [0.2, 0.25) is 0 Å². The van der Waals surface area contributed by atoms with Crippen LogP contribution < -0.4 is 19.6 Å². The molecule has 376 valence electrons. The summed E-state index contributed by atoms with van der Waals surface area (Å²) in [4.78, 5) is 9.16. The maximum atomic E-state index is 2.30. The molecule has 4 nitrogen and oxygen atoms in total. The van der Waals surface area contributed by atoms with Gasteiger partial charge in [-0.3, -0.25) is 0 Å². The molecule has 0 aliphatic carbocycles. The fourth-order valence-corrected chi connectivity index (χ4v) is 9.85. The van der Waals surface area contributed by atoms with Crippen molar-refractivity contribution in [2.45, 2.75) is 13.8 Å². The molecule has 0 heterocycles. The molecule has 4 heteroatoms. The Hall–Kier alpha value is -10.2. The number of hydrogen-bond donors (Lipinski definition) is 0. The number of benzene rings is 12. The van der Waals surface area contributed by atoms with Crippen LogP contribution in [0.1, 0.15) is 11.1 Å². The molecule has 0 N–H and O–H groups in total. The van der Waals surface area contributed by atoms with Crippen LogP contribution in [-0.2, 0) is 0 Å². The van der Waals surface area contributed by atoms with Crippen molar-refractivity contribution in [1.82, 2.24) is 0 Å². The van der Waals surface area contributed by atoms with Crippen LogP contribution in [0.5, 0.6) is 0 Å². The standard InChI is InChI=1S/C38H32N2.C36H28N2/c1-29-13-21-35(22-14-29)39(33-9-5-3-6-10-33)37-25-17-31(18-26-37)32-19-27-38(28-20-32)40(34-11-7-4-8-12-34)36-23-15-30(2)16-24-36;1-5-13-31(14-6-1)37(32-15-7-2-8-16-32)35-25-21-29(22-26-35)30-23-27-36(28-24-30)38(33-17-9-3-10-18-33)34-19-11-4-12-20-34/h3-28H,1-2H3;1-28H. The Labute approximate surface area is 460 Å². The van der Waals surface area contributed by atoms with Crippen LogP contribution in [0, 0.1) is 13.8 Å². The van der Waals surface area contributed by atoms with Gasteiger partial charge in [-0.2, -0.15) is 0 Å². The average Bonchev–Trinajstić information content (AvgIpc) is 3.55. The van der Waals surface area contributed by atoms with E-state index in [-0.39, 0.29) is 0 Å². The molecule has 0 bridgehead atoms. The Morgan fingerprint density at radius 3 is 0.423 bits per heavy atom. The van der Waals surface area contributed by atoms with Crippen LogP contribution in [0.3, 0.4) is 0 Å². The molecule has 0 radical (unpaired) electrons. The van der Waals surface area contributed by atoms with Crippen LogP contribution >= 0.6 is 0 Å². The lowest BCUT2D eigenvalue weighted by Crippen LogP contribution is -2.10. The fourth-order valence-electron chi connectivity index (χ4n) is 9.85. The van der Waals surface area contributed by atoms with E-state index in [0.29, 0.717) is 0 Å². The van der Waals surface area contributed by atoms with E-state index in [4.69, 9.17) is 0 Å². The predicted molar refractivity (Wildman–Crippen MR) is 332 cm³/mol. The Balaban J connectivity index is 0.000000166. The van der Waals surface area contributed by atoms with Gasteiger partial charge in [-0.25, -0.2) is 0 Å². The van der Waals surface area contributed by atoms with E-state index in [2.05, 4.69) is 361 Å². The zero-order valence-corrected chi connectivity index (χ0v) is 44.0. The molecule has 12 aromatic rings. The molecule has 0 amide bonds. The minimum absolute atomic E-state index is 1.13. The van der Waals surface area contributed by atoms with Crippen LogP contribution in [0.25, 0.3) is 22.3 Å². The van der Waals surface area contributed by atoms with E-state index in [0.717, 1.165) is 68.2 Å². The van der Waals surface area contributed by atoms with Gasteiger partial charge in [-0.1, -0.05) is 193 Å². The normalized spacial score (nSPS) is 10.7. The molecule has 0 aliphatic rings. The first-order chi connectivity index (χ1) is 38.5. The number of anilines is 12. The number of rotatable bonds is 14. The third-order valence-corrected chi connectivity index (χ3v) is 13.8. The van der Waals surface area contributed by atoms with E-state index in [1.54, 1.807) is 0 Å². The van der Waals surface area contributed by atoms with Crippen molar-refractivity contribution < 1.29 is 0 Å². The van der Waals surface area contributed by atoms with E-state index in [1.807, 2.05) is 0 Å². The smallest absolute Gasteiger partial charge is 0.0462 e. The molecule has 78 heavy (non-hydrogen) atoms. The highest BCUT2D eigenvalue weighted by molar-refractivity contribution is 5.83. The molecule has 0 unspecified atom stereocenters. The van der Waals surface area contributed by atoms with E-state index in [1.165, 1.54) is 33.4 Å². The summed E-state index contributed by atoms with van der Waals surface area (Å²) in [6, 6.07) is 116. The molecule has 12 aromatic carbocycles. The summed E-state index contributed by atoms with van der Waals surface area (Å²) in [6.07, 6.45) is 0. The Morgan fingerprint density at radius 2 is 0.269 bits per heavy atom. The summed E-state index contributed by atoms with van der Waals surface area (Å²) in [6.45, 7) is 4.24. The van der Waals surface area contributed by atoms with Gasteiger partial charge in [-0.15, -0.1) is 0 Å². The molecular weight excluding hydrogens is 945 g/mol. The number of nitrogens with zero attached hydrogens (tertiary/aromatic N) is 4. The van der Waals surface area contributed by atoms with Crippen molar-refractivity contribution in [2.75, 3.05) is 19.6 Å². The zero-order valence-electron chi connectivity index (χ0n) is 44.0. The molecule has 0 aromatic heterocycles. The highest BCUT2D eigenvalue weighted by Crippen LogP contribution is 2.40. The van der Waals surface area contributed by atoms with Crippen LogP contribution in [-0.4, -0.2) is 0 Å². The lowest BCUT2D eigenvalue weighted by Gasteiger charge is -2.26. The molecule has 0 fully saturated rings. The second kappa shape index (κ2) is 24.0. The first-order valence-electron chi connectivity index (χ1n) is 26.6. The largest absolute Gasteiger partial charge is 0.311 e. The first-order valence-corrected chi connectivity index (χ1v) is 26.6. The number of aryl methyl sites for hydroxylation is 2. The van der Waals surface area contributed by atoms with Crippen molar-refractivity contribution in [2.24, 2.45) is 0 Å². The van der Waals surface area contributed by atoms with Gasteiger partial charge in [0.1, 0.15) is 0 Å². The van der Waals surface area contributed by atoms with Gasteiger partial charge < -0.3 is 19.6 Å². The minimum Gasteiger partial charge on any atom is -0.311 e. The van der Waals surface area contributed by atoms with Crippen molar-refractivity contribution in [1.29, 1.82) is 0 Å². The van der Waals surface area contributed by atoms with Gasteiger partial charge >= 0.3 is 0 Å². The van der Waals surface area contributed by atoms with E-state index >= 15 is 0 Å². The van der Waals surface area contributed by atoms with E-state index in [9.17, 15) is 0 Å². The van der Waals surface area contributed by atoms with Gasteiger partial charge in [0, 0.05) is 68.2 Å². The average molecular weight is 1010 g/mol. The Bertz CT molecular complexity index is 3390. The number of hydrogen-bond acceptors (Lipinski definition) is 4. The maximum absolute atomic E-state index is 2.30. The summed E-state index contributed by atoms with van der Waals surface area (Å²) in [7, 11) is 0. The van der Waals surface area contributed by atoms with Gasteiger partial charge in [0.2, 0.25) is 0 Å². The lowest BCUT2D eigenvalue weighted by atomic mass is 10.0. The summed E-state index contributed by atoms with van der Waals surface area (Å²) >= 11 is 0. The maximum Gasteiger partial charge on any atom is 0.0462 e. The van der Waals surface area contributed by atoms with Crippen molar-refractivity contribution >= 4 is 68.2 Å². The SMILES string of the molecule is Cc1ccc(N(c2ccccc2)c2ccc(-c3ccc(N(c4ccccc4)c4ccc(C)cc4)cc3)cc2)cc1.c1ccc(N(c2ccccc2)c2ccc(-c3ccc(N(c4ccccc4)c4ccccc4)cc3)cc2)cc1. The zero-order chi connectivity index (χ0) is 52.9. The summed E-state index contributed by atoms with van der Waals surface area (Å²) in [5, 5.41) is 0. The van der Waals surface area contributed by atoms with Gasteiger partial charge in [-0.05, 0) is 182 Å². The first kappa shape index (κ1) is 50.0. The monoisotopic (exact) mass is 1000 g/mol. The van der Waals surface area contributed by atoms with Crippen molar-refractivity contribution in [3.63, 3.8) is 0 Å². The van der Waals surface area contributed by atoms with Gasteiger partial charge in [0.05, 0.1) is 0 Å². The van der Waals surface area contributed by atoms with Crippen molar-refractivity contribution in [3.05, 3.63) is 339 Å². The van der Waals surface area contributed by atoms with Crippen molar-refractivity contribution in [3.8, 4) is 22.3 Å². The second-order valence-electron chi connectivity index (χ2n) is 19.2. The van der Waals surface area contributed by atoms with E-state index < -0.39 is 0 Å². The second-order valence-corrected chi connectivity index (χ2v) is 19.2.